The number of aromatic carboxylic acids is 1. The predicted molar refractivity (Wildman–Crippen MR) is 59.0 cm³/mol. The van der Waals surface area contributed by atoms with E-state index in [1.54, 1.807) is 10.6 Å². The summed E-state index contributed by atoms with van der Waals surface area (Å²) >= 11 is 0. The molecule has 3 N–H and O–H groups in total. The first-order valence-corrected chi connectivity index (χ1v) is 4.76. The maximum absolute atomic E-state index is 11.1. The highest BCUT2D eigenvalue weighted by Gasteiger charge is 2.18. The van der Waals surface area contributed by atoms with Gasteiger partial charge in [0.2, 0.25) is 0 Å². The van der Waals surface area contributed by atoms with E-state index in [4.69, 9.17) is 10.8 Å². The number of para-hydroxylation sites is 1. The molecule has 0 unspecified atom stereocenters. The fraction of sp³-hybridized carbons (Fsp3) is 0.182. The molecule has 0 bridgehead atoms. The van der Waals surface area contributed by atoms with E-state index in [2.05, 4.69) is 0 Å². The van der Waals surface area contributed by atoms with Crippen molar-refractivity contribution >= 4 is 22.7 Å². The van der Waals surface area contributed by atoms with Crippen LogP contribution in [0.25, 0.3) is 10.9 Å². The topological polar surface area (TPSA) is 68.2 Å². The van der Waals surface area contributed by atoms with Crippen LogP contribution in [-0.4, -0.2) is 15.6 Å². The van der Waals surface area contributed by atoms with Crippen LogP contribution in [0.4, 0.5) is 5.82 Å². The summed E-state index contributed by atoms with van der Waals surface area (Å²) in [4.78, 5) is 11.1. The Bertz CT molecular complexity index is 529. The van der Waals surface area contributed by atoms with Crippen LogP contribution in [0.1, 0.15) is 17.3 Å². The van der Waals surface area contributed by atoms with Gasteiger partial charge in [-0.15, -0.1) is 0 Å². The molecule has 0 amide bonds. The van der Waals surface area contributed by atoms with Gasteiger partial charge in [0.1, 0.15) is 11.4 Å². The Labute approximate surface area is 86.9 Å². The number of carboxylic acids is 1. The van der Waals surface area contributed by atoms with Crippen LogP contribution in [0.5, 0.6) is 0 Å². The van der Waals surface area contributed by atoms with Crippen LogP contribution in [0.2, 0.25) is 0 Å². The number of nitrogens with zero attached hydrogens (tertiary/aromatic N) is 1. The normalized spacial score (nSPS) is 10.7. The molecule has 0 saturated carbocycles. The predicted octanol–water partition coefficient (Wildman–Crippen LogP) is 1.94. The molecule has 2 rings (SSSR count). The van der Waals surface area contributed by atoms with E-state index in [0.29, 0.717) is 17.7 Å². The first-order chi connectivity index (χ1) is 7.16. The highest BCUT2D eigenvalue weighted by atomic mass is 16.4. The molecule has 0 radical (unpaired) electrons. The molecule has 1 aromatic carbocycles. The standard InChI is InChI=1S/C11H12N2O2/c1-2-13-8-6-4-3-5-7(8)9(10(13)12)11(14)15/h3-6H,2,12H2,1H3,(H,14,15). The minimum Gasteiger partial charge on any atom is -0.478 e. The molecular weight excluding hydrogens is 192 g/mol. The minimum atomic E-state index is -0.976. The van der Waals surface area contributed by atoms with Crippen LogP contribution in [-0.2, 0) is 6.54 Å². The number of carboxylic acid groups (broad SMARTS) is 1. The van der Waals surface area contributed by atoms with Crippen molar-refractivity contribution in [3.05, 3.63) is 29.8 Å². The summed E-state index contributed by atoms with van der Waals surface area (Å²) in [5.41, 5.74) is 6.88. The van der Waals surface area contributed by atoms with Crippen molar-refractivity contribution in [2.24, 2.45) is 0 Å². The van der Waals surface area contributed by atoms with Gasteiger partial charge in [0.25, 0.3) is 0 Å². The molecule has 1 aromatic heterocycles. The zero-order valence-electron chi connectivity index (χ0n) is 8.40. The Morgan fingerprint density at radius 2 is 2.13 bits per heavy atom. The monoisotopic (exact) mass is 204 g/mol. The average molecular weight is 204 g/mol. The fourth-order valence-corrected chi connectivity index (χ4v) is 1.89. The Kier molecular flexibility index (Phi) is 2.11. The first kappa shape index (κ1) is 9.58. The molecule has 78 valence electrons. The number of nitrogen functional groups attached to an aromatic ring is 1. The van der Waals surface area contributed by atoms with Crippen LogP contribution in [0.3, 0.4) is 0 Å². The summed E-state index contributed by atoms with van der Waals surface area (Å²) < 4.78 is 1.80. The third kappa shape index (κ3) is 1.26. The molecule has 0 aliphatic heterocycles. The molecule has 4 heteroatoms. The highest BCUT2D eigenvalue weighted by Crippen LogP contribution is 2.27. The smallest absolute Gasteiger partial charge is 0.340 e. The molecule has 0 atom stereocenters. The lowest BCUT2D eigenvalue weighted by atomic mass is 10.2. The largest absolute Gasteiger partial charge is 0.478 e. The third-order valence-corrected chi connectivity index (χ3v) is 2.54. The maximum atomic E-state index is 11.1. The Morgan fingerprint density at radius 1 is 1.47 bits per heavy atom. The van der Waals surface area contributed by atoms with Crippen molar-refractivity contribution in [3.63, 3.8) is 0 Å². The number of nitrogens with two attached hydrogens (primary N) is 1. The Hall–Kier alpha value is -1.97. The SMILES string of the molecule is CCn1c(N)c(C(=O)O)c2ccccc21. The van der Waals surface area contributed by atoms with E-state index in [1.165, 1.54) is 0 Å². The first-order valence-electron chi connectivity index (χ1n) is 4.76. The van der Waals surface area contributed by atoms with Gasteiger partial charge in [-0.25, -0.2) is 4.79 Å². The quantitative estimate of drug-likeness (QED) is 0.785. The number of rotatable bonds is 2. The number of anilines is 1. The van der Waals surface area contributed by atoms with Crippen molar-refractivity contribution in [2.45, 2.75) is 13.5 Å². The zero-order chi connectivity index (χ0) is 11.0. The molecule has 2 aromatic rings. The molecular formula is C11H12N2O2. The zero-order valence-corrected chi connectivity index (χ0v) is 8.40. The lowest BCUT2D eigenvalue weighted by Crippen LogP contribution is -2.05. The molecule has 0 aliphatic rings. The van der Waals surface area contributed by atoms with Crippen LogP contribution < -0.4 is 5.73 Å². The van der Waals surface area contributed by atoms with Crippen molar-refractivity contribution in [1.82, 2.24) is 4.57 Å². The summed E-state index contributed by atoms with van der Waals surface area (Å²) in [6, 6.07) is 7.34. The number of benzene rings is 1. The lowest BCUT2D eigenvalue weighted by Gasteiger charge is -2.02. The van der Waals surface area contributed by atoms with E-state index in [9.17, 15) is 4.79 Å². The Balaban J connectivity index is 2.91. The molecule has 0 fully saturated rings. The van der Waals surface area contributed by atoms with Crippen molar-refractivity contribution in [2.75, 3.05) is 5.73 Å². The van der Waals surface area contributed by atoms with Gasteiger partial charge >= 0.3 is 5.97 Å². The Morgan fingerprint density at radius 3 is 2.73 bits per heavy atom. The second-order valence-corrected chi connectivity index (χ2v) is 3.33. The average Bonchev–Trinajstić information content (AvgIpc) is 2.49. The van der Waals surface area contributed by atoms with E-state index in [1.807, 2.05) is 25.1 Å². The van der Waals surface area contributed by atoms with E-state index in [0.717, 1.165) is 5.52 Å². The van der Waals surface area contributed by atoms with Crippen molar-refractivity contribution in [3.8, 4) is 0 Å². The summed E-state index contributed by atoms with van der Waals surface area (Å²) in [6.45, 7) is 2.61. The van der Waals surface area contributed by atoms with Crippen LogP contribution >= 0.6 is 0 Å². The van der Waals surface area contributed by atoms with Gasteiger partial charge < -0.3 is 15.4 Å². The summed E-state index contributed by atoms with van der Waals surface area (Å²) in [7, 11) is 0. The highest BCUT2D eigenvalue weighted by molar-refractivity contribution is 6.08. The minimum absolute atomic E-state index is 0.201. The van der Waals surface area contributed by atoms with Crippen molar-refractivity contribution < 1.29 is 9.90 Å². The van der Waals surface area contributed by atoms with E-state index in [-0.39, 0.29) is 5.56 Å². The van der Waals surface area contributed by atoms with Gasteiger partial charge in [-0.1, -0.05) is 18.2 Å². The molecule has 15 heavy (non-hydrogen) atoms. The van der Waals surface area contributed by atoms with Crippen molar-refractivity contribution in [1.29, 1.82) is 0 Å². The number of hydrogen-bond acceptors (Lipinski definition) is 2. The number of fused-ring (bicyclic) bond motifs is 1. The summed E-state index contributed by atoms with van der Waals surface area (Å²) in [6.07, 6.45) is 0. The fourth-order valence-electron chi connectivity index (χ4n) is 1.89. The van der Waals surface area contributed by atoms with Gasteiger partial charge in [0, 0.05) is 11.9 Å². The van der Waals surface area contributed by atoms with E-state index < -0.39 is 5.97 Å². The van der Waals surface area contributed by atoms with Gasteiger partial charge in [-0.3, -0.25) is 0 Å². The molecule has 0 aliphatic carbocycles. The number of aromatic nitrogens is 1. The number of carbonyl (C=O) groups is 1. The lowest BCUT2D eigenvalue weighted by molar-refractivity contribution is 0.0700. The second-order valence-electron chi connectivity index (χ2n) is 3.33. The van der Waals surface area contributed by atoms with Gasteiger partial charge in [0.15, 0.2) is 0 Å². The van der Waals surface area contributed by atoms with Gasteiger partial charge in [-0.05, 0) is 13.0 Å². The van der Waals surface area contributed by atoms with Crippen LogP contribution in [0.15, 0.2) is 24.3 Å². The molecule has 1 heterocycles. The summed E-state index contributed by atoms with van der Waals surface area (Å²) in [5.74, 6) is -0.651. The molecule has 0 spiro atoms. The third-order valence-electron chi connectivity index (χ3n) is 2.54. The number of aryl methyl sites for hydroxylation is 1. The molecule has 0 saturated heterocycles. The van der Waals surface area contributed by atoms with E-state index >= 15 is 0 Å². The number of hydrogen-bond donors (Lipinski definition) is 2. The van der Waals surface area contributed by atoms with Gasteiger partial charge in [-0.2, -0.15) is 0 Å². The second kappa shape index (κ2) is 3.31. The maximum Gasteiger partial charge on any atom is 0.340 e. The van der Waals surface area contributed by atoms with Gasteiger partial charge in [0.05, 0.1) is 5.52 Å². The van der Waals surface area contributed by atoms with Crippen LogP contribution in [0, 0.1) is 0 Å². The molecule has 4 nitrogen and oxygen atoms in total. The summed E-state index contributed by atoms with van der Waals surface area (Å²) in [5, 5.41) is 9.78.